The summed E-state index contributed by atoms with van der Waals surface area (Å²) in [5.74, 6) is -0.0516. The van der Waals surface area contributed by atoms with Crippen LogP contribution in [-0.2, 0) is 0 Å². The number of carboxylic acids is 1. The topological polar surface area (TPSA) is 90.4 Å². The molecule has 0 saturated carbocycles. The Kier molecular flexibility index (Phi) is 3.61. The summed E-state index contributed by atoms with van der Waals surface area (Å²) in [5.41, 5.74) is 0.792. The summed E-state index contributed by atoms with van der Waals surface area (Å²) in [6, 6.07) is 10.5. The molecule has 0 aliphatic rings. The maximum absolute atomic E-state index is 11.3. The van der Waals surface area contributed by atoms with Gasteiger partial charge in [-0.3, -0.25) is 0 Å². The van der Waals surface area contributed by atoms with Gasteiger partial charge in [-0.2, -0.15) is 0 Å². The lowest BCUT2D eigenvalue weighted by molar-refractivity contribution is 0.0691. The van der Waals surface area contributed by atoms with E-state index in [9.17, 15) is 9.90 Å². The Morgan fingerprint density at radius 2 is 2.09 bits per heavy atom. The van der Waals surface area contributed by atoms with Crippen molar-refractivity contribution < 1.29 is 19.1 Å². The molecule has 3 aromatic rings. The molecule has 0 aliphatic heterocycles. The molecular formula is C15H13N3O4. The summed E-state index contributed by atoms with van der Waals surface area (Å²) in [6.07, 6.45) is 1.47. The number of nitrogens with zero attached hydrogens (tertiary/aromatic N) is 3. The van der Waals surface area contributed by atoms with E-state index >= 15 is 0 Å². The van der Waals surface area contributed by atoms with Crippen LogP contribution in [0.4, 0.5) is 0 Å². The molecular weight excluding hydrogens is 286 g/mol. The smallest absolute Gasteiger partial charge is 0.358 e. The van der Waals surface area contributed by atoms with Crippen LogP contribution in [-0.4, -0.2) is 32.7 Å². The quantitative estimate of drug-likeness (QED) is 0.778. The molecule has 0 spiro atoms. The van der Waals surface area contributed by atoms with E-state index in [1.54, 1.807) is 36.4 Å². The second kappa shape index (κ2) is 5.72. The van der Waals surface area contributed by atoms with E-state index < -0.39 is 5.97 Å². The summed E-state index contributed by atoms with van der Waals surface area (Å²) >= 11 is 0. The second-order valence-corrected chi connectivity index (χ2v) is 4.41. The normalized spacial score (nSPS) is 10.6. The van der Waals surface area contributed by atoms with Gasteiger partial charge in [-0.15, -0.1) is 5.10 Å². The number of hydrogen-bond donors (Lipinski definition) is 1. The van der Waals surface area contributed by atoms with Crippen molar-refractivity contribution >= 4 is 5.97 Å². The van der Waals surface area contributed by atoms with Crippen molar-refractivity contribution in [2.24, 2.45) is 0 Å². The third-order valence-corrected chi connectivity index (χ3v) is 3.02. The lowest BCUT2D eigenvalue weighted by atomic mass is 10.2. The Balaban J connectivity index is 2.09. The third-order valence-electron chi connectivity index (χ3n) is 3.02. The minimum atomic E-state index is -1.16. The summed E-state index contributed by atoms with van der Waals surface area (Å²) in [5, 5.41) is 16.9. The SMILES string of the molecule is CCOc1ccc(-n2nnc(C(=O)O)c2-c2ccco2)cc1. The van der Waals surface area contributed by atoms with Crippen molar-refractivity contribution in [1.82, 2.24) is 15.0 Å². The van der Waals surface area contributed by atoms with E-state index in [1.807, 2.05) is 6.92 Å². The lowest BCUT2D eigenvalue weighted by Crippen LogP contribution is -2.02. The van der Waals surface area contributed by atoms with Crippen LogP contribution in [0, 0.1) is 0 Å². The van der Waals surface area contributed by atoms with Gasteiger partial charge in [-0.05, 0) is 43.3 Å². The minimum Gasteiger partial charge on any atom is -0.494 e. The fraction of sp³-hybridized carbons (Fsp3) is 0.133. The van der Waals surface area contributed by atoms with Crippen molar-refractivity contribution in [3.05, 3.63) is 48.4 Å². The van der Waals surface area contributed by atoms with Gasteiger partial charge >= 0.3 is 5.97 Å². The monoisotopic (exact) mass is 299 g/mol. The van der Waals surface area contributed by atoms with Gasteiger partial charge in [0.2, 0.25) is 5.69 Å². The molecule has 7 heteroatoms. The maximum Gasteiger partial charge on any atom is 0.358 e. The van der Waals surface area contributed by atoms with Crippen LogP contribution in [0.5, 0.6) is 5.75 Å². The van der Waals surface area contributed by atoms with Crippen LogP contribution in [0.3, 0.4) is 0 Å². The first-order chi connectivity index (χ1) is 10.7. The number of ether oxygens (including phenoxy) is 1. The van der Waals surface area contributed by atoms with E-state index in [2.05, 4.69) is 10.3 Å². The first-order valence-electron chi connectivity index (χ1n) is 6.66. The summed E-state index contributed by atoms with van der Waals surface area (Å²) in [6.45, 7) is 2.48. The highest BCUT2D eigenvalue weighted by molar-refractivity contribution is 5.92. The molecule has 7 nitrogen and oxygen atoms in total. The number of aromatic nitrogens is 3. The van der Waals surface area contributed by atoms with Crippen LogP contribution in [0.25, 0.3) is 17.1 Å². The van der Waals surface area contributed by atoms with Crippen LogP contribution >= 0.6 is 0 Å². The molecule has 0 atom stereocenters. The van der Waals surface area contributed by atoms with E-state index in [-0.39, 0.29) is 5.69 Å². The predicted octanol–water partition coefficient (Wildman–Crippen LogP) is 2.62. The summed E-state index contributed by atoms with van der Waals surface area (Å²) in [7, 11) is 0. The van der Waals surface area contributed by atoms with E-state index in [0.29, 0.717) is 23.7 Å². The third kappa shape index (κ3) is 2.44. The predicted molar refractivity (Wildman–Crippen MR) is 77.2 cm³/mol. The summed E-state index contributed by atoms with van der Waals surface area (Å²) < 4.78 is 12.1. The number of rotatable bonds is 5. The van der Waals surface area contributed by atoms with Gasteiger partial charge < -0.3 is 14.3 Å². The Hall–Kier alpha value is -3.09. The Morgan fingerprint density at radius 1 is 1.32 bits per heavy atom. The molecule has 1 N–H and O–H groups in total. The fourth-order valence-electron chi connectivity index (χ4n) is 2.09. The van der Waals surface area contributed by atoms with Crippen molar-refractivity contribution in [1.29, 1.82) is 0 Å². The van der Waals surface area contributed by atoms with Gasteiger partial charge in [-0.25, -0.2) is 9.48 Å². The molecule has 1 aromatic carbocycles. The Morgan fingerprint density at radius 3 is 2.68 bits per heavy atom. The van der Waals surface area contributed by atoms with Gasteiger partial charge in [0.1, 0.15) is 11.4 Å². The number of aromatic carboxylic acids is 1. The first-order valence-corrected chi connectivity index (χ1v) is 6.66. The van der Waals surface area contributed by atoms with Crippen molar-refractivity contribution in [2.45, 2.75) is 6.92 Å². The van der Waals surface area contributed by atoms with Gasteiger partial charge in [0.25, 0.3) is 0 Å². The standard InChI is InChI=1S/C15H13N3O4/c1-2-21-11-7-5-10(6-8-11)18-14(12-4-3-9-22-12)13(15(19)20)16-17-18/h3-9H,2H2,1H3,(H,19,20). The van der Waals surface area contributed by atoms with Crippen molar-refractivity contribution in [3.8, 4) is 22.9 Å². The molecule has 0 fully saturated rings. The zero-order valence-electron chi connectivity index (χ0n) is 11.8. The molecule has 0 saturated heterocycles. The molecule has 2 aromatic heterocycles. The number of benzene rings is 1. The molecule has 112 valence electrons. The maximum atomic E-state index is 11.3. The van der Waals surface area contributed by atoms with Crippen LogP contribution in [0.2, 0.25) is 0 Å². The van der Waals surface area contributed by atoms with E-state index in [4.69, 9.17) is 9.15 Å². The molecule has 0 bridgehead atoms. The van der Waals surface area contributed by atoms with Gasteiger partial charge in [0, 0.05) is 0 Å². The van der Waals surface area contributed by atoms with Gasteiger partial charge in [0.05, 0.1) is 18.6 Å². The molecule has 2 heterocycles. The highest BCUT2D eigenvalue weighted by Gasteiger charge is 2.23. The van der Waals surface area contributed by atoms with E-state index in [0.717, 1.165) is 5.75 Å². The highest BCUT2D eigenvalue weighted by Crippen LogP contribution is 2.26. The number of furan rings is 1. The molecule has 3 rings (SSSR count). The van der Waals surface area contributed by atoms with Crippen molar-refractivity contribution in [3.63, 3.8) is 0 Å². The lowest BCUT2D eigenvalue weighted by Gasteiger charge is -2.07. The molecule has 0 radical (unpaired) electrons. The first kappa shape index (κ1) is 13.9. The molecule has 0 unspecified atom stereocenters. The van der Waals surface area contributed by atoms with Crippen LogP contribution < -0.4 is 4.74 Å². The highest BCUT2D eigenvalue weighted by atomic mass is 16.5. The largest absolute Gasteiger partial charge is 0.494 e. The number of hydrogen-bond acceptors (Lipinski definition) is 5. The molecule has 0 aliphatic carbocycles. The molecule has 0 amide bonds. The molecule has 22 heavy (non-hydrogen) atoms. The minimum absolute atomic E-state index is 0.163. The Bertz CT molecular complexity index is 776. The average molecular weight is 299 g/mol. The van der Waals surface area contributed by atoms with Crippen molar-refractivity contribution in [2.75, 3.05) is 6.61 Å². The number of carboxylic acid groups (broad SMARTS) is 1. The zero-order valence-corrected chi connectivity index (χ0v) is 11.8. The van der Waals surface area contributed by atoms with E-state index in [1.165, 1.54) is 10.9 Å². The number of carbonyl (C=O) groups is 1. The van der Waals surface area contributed by atoms with Gasteiger partial charge in [-0.1, -0.05) is 5.21 Å². The second-order valence-electron chi connectivity index (χ2n) is 4.41. The zero-order chi connectivity index (χ0) is 15.5. The fourth-order valence-corrected chi connectivity index (χ4v) is 2.09. The average Bonchev–Trinajstić information content (AvgIpc) is 3.17. The Labute approximate surface area is 125 Å². The summed E-state index contributed by atoms with van der Waals surface area (Å²) in [4.78, 5) is 11.3. The van der Waals surface area contributed by atoms with Gasteiger partial charge in [0.15, 0.2) is 5.76 Å². The van der Waals surface area contributed by atoms with Crippen LogP contribution in [0.1, 0.15) is 17.4 Å². The van der Waals surface area contributed by atoms with Crippen LogP contribution in [0.15, 0.2) is 47.1 Å².